The lowest BCUT2D eigenvalue weighted by molar-refractivity contribution is 0.0952. The van der Waals surface area contributed by atoms with Crippen LogP contribution in [0.4, 0.5) is 0 Å². The fourth-order valence-corrected chi connectivity index (χ4v) is 3.26. The van der Waals surface area contributed by atoms with Crippen molar-refractivity contribution in [3.8, 4) is 0 Å². The molecule has 1 N–H and O–H groups in total. The molecule has 2 aromatic heterocycles. The third kappa shape index (κ3) is 2.76. The monoisotopic (exact) mass is 277 g/mol. The summed E-state index contributed by atoms with van der Waals surface area (Å²) in [6, 6.07) is 0. The Morgan fingerprint density at radius 3 is 2.58 bits per heavy atom. The number of carbonyl (C=O) groups is 1. The van der Waals surface area contributed by atoms with E-state index in [2.05, 4.69) is 29.1 Å². The molecule has 1 amide bonds. The zero-order valence-electron chi connectivity index (χ0n) is 12.0. The predicted octanol–water partition coefficient (Wildman–Crippen LogP) is 3.00. The van der Waals surface area contributed by atoms with Gasteiger partial charge in [0.05, 0.1) is 4.88 Å². The number of thiophene rings is 1. The van der Waals surface area contributed by atoms with Gasteiger partial charge in [-0.05, 0) is 32.3 Å². The van der Waals surface area contributed by atoms with E-state index in [0.717, 1.165) is 32.2 Å². The Bertz CT molecular complexity index is 631. The van der Waals surface area contributed by atoms with Crippen LogP contribution in [0.5, 0.6) is 0 Å². The van der Waals surface area contributed by atoms with Crippen molar-refractivity contribution in [3.05, 3.63) is 22.0 Å². The van der Waals surface area contributed by atoms with Crippen molar-refractivity contribution in [2.75, 3.05) is 6.54 Å². The van der Waals surface area contributed by atoms with Crippen molar-refractivity contribution in [1.82, 2.24) is 15.3 Å². The molecule has 0 bridgehead atoms. The molecule has 19 heavy (non-hydrogen) atoms. The summed E-state index contributed by atoms with van der Waals surface area (Å²) < 4.78 is 0. The van der Waals surface area contributed by atoms with Gasteiger partial charge in [0.15, 0.2) is 0 Å². The Hall–Kier alpha value is -1.49. The highest BCUT2D eigenvalue weighted by Gasteiger charge is 2.18. The topological polar surface area (TPSA) is 54.9 Å². The van der Waals surface area contributed by atoms with Gasteiger partial charge in [-0.25, -0.2) is 9.97 Å². The number of hydrogen-bond donors (Lipinski definition) is 1. The fraction of sp³-hybridized carbons (Fsp3) is 0.500. The molecule has 0 aromatic carbocycles. The van der Waals surface area contributed by atoms with Crippen LogP contribution in [0.2, 0.25) is 0 Å². The summed E-state index contributed by atoms with van der Waals surface area (Å²) in [6.45, 7) is 10.7. The van der Waals surface area contributed by atoms with Crippen LogP contribution < -0.4 is 5.32 Å². The molecule has 0 atom stereocenters. The SMILES string of the molecule is Cc1nc(C)c2c(C)c(C(=O)NCC(C)C)sc2n1. The van der Waals surface area contributed by atoms with Crippen molar-refractivity contribution >= 4 is 27.5 Å². The minimum absolute atomic E-state index is 0.00810. The fourth-order valence-electron chi connectivity index (χ4n) is 2.07. The third-order valence-electron chi connectivity index (χ3n) is 2.96. The van der Waals surface area contributed by atoms with Crippen molar-refractivity contribution in [1.29, 1.82) is 0 Å². The molecule has 0 aliphatic rings. The highest BCUT2D eigenvalue weighted by atomic mass is 32.1. The van der Waals surface area contributed by atoms with E-state index in [1.54, 1.807) is 0 Å². The van der Waals surface area contributed by atoms with Gasteiger partial charge in [0, 0.05) is 17.6 Å². The van der Waals surface area contributed by atoms with Crippen molar-refractivity contribution in [2.24, 2.45) is 5.92 Å². The molecule has 0 spiro atoms. The average Bonchev–Trinajstić information content (AvgIpc) is 2.63. The first kappa shape index (κ1) is 13.9. The van der Waals surface area contributed by atoms with Gasteiger partial charge in [-0.1, -0.05) is 13.8 Å². The molecular weight excluding hydrogens is 258 g/mol. The lowest BCUT2D eigenvalue weighted by Gasteiger charge is -2.06. The van der Waals surface area contributed by atoms with Crippen LogP contribution in [0.25, 0.3) is 10.2 Å². The lowest BCUT2D eigenvalue weighted by Crippen LogP contribution is -2.27. The largest absolute Gasteiger partial charge is 0.351 e. The molecule has 0 saturated heterocycles. The minimum atomic E-state index is -0.00810. The summed E-state index contributed by atoms with van der Waals surface area (Å²) in [5.41, 5.74) is 1.93. The quantitative estimate of drug-likeness (QED) is 0.938. The lowest BCUT2D eigenvalue weighted by atomic mass is 10.1. The molecule has 0 radical (unpaired) electrons. The smallest absolute Gasteiger partial charge is 0.261 e. The van der Waals surface area contributed by atoms with E-state index in [9.17, 15) is 4.79 Å². The second-order valence-corrected chi connectivity index (χ2v) is 6.20. The van der Waals surface area contributed by atoms with Crippen molar-refractivity contribution in [3.63, 3.8) is 0 Å². The van der Waals surface area contributed by atoms with Crippen LogP contribution in [-0.4, -0.2) is 22.4 Å². The zero-order valence-corrected chi connectivity index (χ0v) is 12.8. The number of aryl methyl sites for hydroxylation is 3. The number of carbonyl (C=O) groups excluding carboxylic acids is 1. The van der Waals surface area contributed by atoms with Crippen LogP contribution in [-0.2, 0) is 0 Å². The van der Waals surface area contributed by atoms with E-state index in [-0.39, 0.29) is 5.91 Å². The predicted molar refractivity (Wildman–Crippen MR) is 78.8 cm³/mol. The molecular formula is C14H19N3OS. The van der Waals surface area contributed by atoms with Gasteiger partial charge >= 0.3 is 0 Å². The summed E-state index contributed by atoms with van der Waals surface area (Å²) in [4.78, 5) is 22.6. The summed E-state index contributed by atoms with van der Waals surface area (Å²) in [5.74, 6) is 1.19. The molecule has 0 aliphatic carbocycles. The molecule has 0 saturated carbocycles. The van der Waals surface area contributed by atoms with Gasteiger partial charge in [-0.2, -0.15) is 0 Å². The zero-order chi connectivity index (χ0) is 14.2. The number of amides is 1. The highest BCUT2D eigenvalue weighted by molar-refractivity contribution is 7.20. The van der Waals surface area contributed by atoms with Crippen LogP contribution in [0.3, 0.4) is 0 Å². The number of nitrogens with zero attached hydrogens (tertiary/aromatic N) is 2. The molecule has 2 heterocycles. The second kappa shape index (κ2) is 5.25. The number of hydrogen-bond acceptors (Lipinski definition) is 4. The summed E-state index contributed by atoms with van der Waals surface area (Å²) in [6.07, 6.45) is 0. The van der Waals surface area contributed by atoms with Crippen molar-refractivity contribution in [2.45, 2.75) is 34.6 Å². The summed E-state index contributed by atoms with van der Waals surface area (Å²) in [5, 5.41) is 3.98. The maximum Gasteiger partial charge on any atom is 0.261 e. The first-order valence-electron chi connectivity index (χ1n) is 6.42. The van der Waals surface area contributed by atoms with Crippen LogP contribution in [0.1, 0.15) is 40.6 Å². The Morgan fingerprint density at radius 2 is 1.95 bits per heavy atom. The molecule has 0 unspecified atom stereocenters. The minimum Gasteiger partial charge on any atom is -0.351 e. The number of nitrogens with one attached hydrogen (secondary N) is 1. The Labute approximate surface area is 117 Å². The number of rotatable bonds is 3. The standard InChI is InChI=1S/C14H19N3OS/c1-7(2)6-15-13(18)12-8(3)11-9(4)16-10(5)17-14(11)19-12/h7H,6H2,1-5H3,(H,15,18). The van der Waals surface area contributed by atoms with E-state index < -0.39 is 0 Å². The second-order valence-electron chi connectivity index (χ2n) is 5.20. The Morgan fingerprint density at radius 1 is 1.26 bits per heavy atom. The number of fused-ring (bicyclic) bond motifs is 1. The summed E-state index contributed by atoms with van der Waals surface area (Å²) in [7, 11) is 0. The maximum absolute atomic E-state index is 12.2. The molecule has 2 rings (SSSR count). The molecule has 4 nitrogen and oxygen atoms in total. The van der Waals surface area contributed by atoms with Gasteiger partial charge in [0.2, 0.25) is 0 Å². The molecule has 0 aliphatic heterocycles. The third-order valence-corrected chi connectivity index (χ3v) is 4.14. The van der Waals surface area contributed by atoms with Gasteiger partial charge < -0.3 is 5.32 Å². The van der Waals surface area contributed by atoms with E-state index in [0.29, 0.717) is 12.5 Å². The normalized spacial score (nSPS) is 11.3. The van der Waals surface area contributed by atoms with E-state index in [4.69, 9.17) is 0 Å². The molecule has 2 aromatic rings. The number of aromatic nitrogens is 2. The van der Waals surface area contributed by atoms with E-state index in [1.165, 1.54) is 11.3 Å². The Kier molecular flexibility index (Phi) is 3.85. The molecule has 0 fully saturated rings. The van der Waals surface area contributed by atoms with Gasteiger partial charge in [0.1, 0.15) is 10.7 Å². The first-order valence-corrected chi connectivity index (χ1v) is 7.24. The van der Waals surface area contributed by atoms with Crippen LogP contribution in [0, 0.1) is 26.7 Å². The highest BCUT2D eigenvalue weighted by Crippen LogP contribution is 2.31. The van der Waals surface area contributed by atoms with Crippen LogP contribution >= 0.6 is 11.3 Å². The van der Waals surface area contributed by atoms with Gasteiger partial charge in [-0.15, -0.1) is 11.3 Å². The molecule has 5 heteroatoms. The Balaban J connectivity index is 2.42. The van der Waals surface area contributed by atoms with Gasteiger partial charge in [0.25, 0.3) is 5.91 Å². The average molecular weight is 277 g/mol. The van der Waals surface area contributed by atoms with E-state index >= 15 is 0 Å². The van der Waals surface area contributed by atoms with E-state index in [1.807, 2.05) is 20.8 Å². The maximum atomic E-state index is 12.2. The summed E-state index contributed by atoms with van der Waals surface area (Å²) >= 11 is 1.45. The first-order chi connectivity index (χ1) is 8.90. The molecule has 102 valence electrons. The van der Waals surface area contributed by atoms with Crippen LogP contribution in [0.15, 0.2) is 0 Å². The van der Waals surface area contributed by atoms with Crippen molar-refractivity contribution < 1.29 is 4.79 Å². The van der Waals surface area contributed by atoms with Gasteiger partial charge in [-0.3, -0.25) is 4.79 Å².